The first-order chi connectivity index (χ1) is 8.20. The molecule has 1 heterocycles. The molecular weight excluding hydrogens is 238 g/mol. The van der Waals surface area contributed by atoms with Crippen LogP contribution in [0.4, 0.5) is 0 Å². The van der Waals surface area contributed by atoms with Crippen LogP contribution in [0.5, 0.6) is 0 Å². The van der Waals surface area contributed by atoms with E-state index >= 15 is 0 Å². The second kappa shape index (κ2) is 5.63. The van der Waals surface area contributed by atoms with Crippen LogP contribution in [0, 0.1) is 0 Å². The van der Waals surface area contributed by atoms with Gasteiger partial charge < -0.3 is 5.11 Å². The molecule has 1 aliphatic rings. The van der Waals surface area contributed by atoms with Gasteiger partial charge in [-0.2, -0.15) is 0 Å². The zero-order valence-corrected chi connectivity index (χ0v) is 10.4. The van der Waals surface area contributed by atoms with Crippen molar-refractivity contribution < 1.29 is 9.90 Å². The molecule has 17 heavy (non-hydrogen) atoms. The van der Waals surface area contributed by atoms with Crippen molar-refractivity contribution in [2.45, 2.75) is 18.9 Å². The van der Waals surface area contributed by atoms with E-state index in [1.807, 2.05) is 4.90 Å². The Labute approximate surface area is 106 Å². The third-order valence-electron chi connectivity index (χ3n) is 3.20. The van der Waals surface area contributed by atoms with E-state index in [2.05, 4.69) is 0 Å². The predicted octanol–water partition coefficient (Wildman–Crippen LogP) is 1.98. The van der Waals surface area contributed by atoms with Gasteiger partial charge in [-0.15, -0.1) is 0 Å². The van der Waals surface area contributed by atoms with Crippen molar-refractivity contribution in [2.75, 3.05) is 19.7 Å². The minimum atomic E-state index is 0.0628. The maximum atomic E-state index is 12.0. The van der Waals surface area contributed by atoms with Gasteiger partial charge in [0.1, 0.15) is 0 Å². The highest BCUT2D eigenvalue weighted by Gasteiger charge is 2.25. The molecule has 1 atom stereocenters. The Morgan fingerprint density at radius 3 is 3.06 bits per heavy atom. The van der Waals surface area contributed by atoms with Crippen molar-refractivity contribution in [3.8, 4) is 0 Å². The Balaban J connectivity index is 2.01. The van der Waals surface area contributed by atoms with Crippen molar-refractivity contribution >= 4 is 17.4 Å². The third-order valence-corrected chi connectivity index (χ3v) is 3.44. The average molecular weight is 254 g/mol. The molecule has 0 radical (unpaired) electrons. The number of hydrogen-bond acceptors (Lipinski definition) is 3. The standard InChI is InChI=1S/C13H16ClNO2/c14-11-4-1-3-10(7-11)13(17)8-15-6-2-5-12(15)9-16/h1,3-4,7,12,16H,2,5-6,8-9H2. The van der Waals surface area contributed by atoms with Crippen molar-refractivity contribution in [1.82, 2.24) is 4.90 Å². The van der Waals surface area contributed by atoms with Crippen molar-refractivity contribution in [3.63, 3.8) is 0 Å². The van der Waals surface area contributed by atoms with Gasteiger partial charge in [-0.05, 0) is 31.5 Å². The maximum absolute atomic E-state index is 12.0. The van der Waals surface area contributed by atoms with Crippen LogP contribution in [0.2, 0.25) is 5.02 Å². The topological polar surface area (TPSA) is 40.5 Å². The van der Waals surface area contributed by atoms with E-state index in [0.717, 1.165) is 19.4 Å². The summed E-state index contributed by atoms with van der Waals surface area (Å²) >= 11 is 5.86. The largest absolute Gasteiger partial charge is 0.395 e. The Hall–Kier alpha value is -0.900. The fraction of sp³-hybridized carbons (Fsp3) is 0.462. The van der Waals surface area contributed by atoms with Gasteiger partial charge in [0.2, 0.25) is 0 Å². The Kier molecular flexibility index (Phi) is 4.15. The number of Topliss-reactive ketones (excluding diaryl/α,β-unsaturated/α-hetero) is 1. The number of benzene rings is 1. The number of carbonyl (C=O) groups excluding carboxylic acids is 1. The molecule has 1 aliphatic heterocycles. The van der Waals surface area contributed by atoms with Gasteiger partial charge >= 0.3 is 0 Å². The maximum Gasteiger partial charge on any atom is 0.176 e. The number of aliphatic hydroxyl groups is 1. The molecule has 0 aliphatic carbocycles. The fourth-order valence-electron chi connectivity index (χ4n) is 2.25. The Morgan fingerprint density at radius 1 is 1.53 bits per heavy atom. The monoisotopic (exact) mass is 253 g/mol. The summed E-state index contributed by atoms with van der Waals surface area (Å²) in [6.07, 6.45) is 2.02. The predicted molar refractivity (Wildman–Crippen MR) is 67.5 cm³/mol. The SMILES string of the molecule is O=C(CN1CCCC1CO)c1cccc(Cl)c1. The lowest BCUT2D eigenvalue weighted by atomic mass is 10.1. The molecule has 1 aromatic carbocycles. The van der Waals surface area contributed by atoms with E-state index in [1.54, 1.807) is 24.3 Å². The minimum Gasteiger partial charge on any atom is -0.395 e. The number of likely N-dealkylation sites (tertiary alicyclic amines) is 1. The molecule has 92 valence electrons. The van der Waals surface area contributed by atoms with Gasteiger partial charge in [0, 0.05) is 16.6 Å². The number of carbonyl (C=O) groups is 1. The quantitative estimate of drug-likeness (QED) is 0.835. The summed E-state index contributed by atoms with van der Waals surface area (Å²) in [5, 5.41) is 9.77. The van der Waals surface area contributed by atoms with E-state index in [4.69, 9.17) is 11.6 Å². The summed E-state index contributed by atoms with van der Waals surface area (Å²) in [4.78, 5) is 14.1. The average Bonchev–Trinajstić information content (AvgIpc) is 2.76. The highest BCUT2D eigenvalue weighted by molar-refractivity contribution is 6.31. The minimum absolute atomic E-state index is 0.0628. The highest BCUT2D eigenvalue weighted by Crippen LogP contribution is 2.18. The highest BCUT2D eigenvalue weighted by atomic mass is 35.5. The Bertz CT molecular complexity index is 408. The molecule has 0 aromatic heterocycles. The second-order valence-corrected chi connectivity index (χ2v) is 4.82. The molecule has 1 aromatic rings. The van der Waals surface area contributed by atoms with Crippen LogP contribution >= 0.6 is 11.6 Å². The molecule has 4 heteroatoms. The zero-order valence-electron chi connectivity index (χ0n) is 9.60. The molecule has 0 saturated carbocycles. The lowest BCUT2D eigenvalue weighted by Crippen LogP contribution is -2.36. The van der Waals surface area contributed by atoms with Crippen molar-refractivity contribution in [1.29, 1.82) is 0 Å². The van der Waals surface area contributed by atoms with E-state index in [0.29, 0.717) is 17.1 Å². The summed E-state index contributed by atoms with van der Waals surface area (Å²) in [6.45, 7) is 1.38. The van der Waals surface area contributed by atoms with Gasteiger partial charge in [0.15, 0.2) is 5.78 Å². The molecule has 0 bridgehead atoms. The van der Waals surface area contributed by atoms with E-state index < -0.39 is 0 Å². The lowest BCUT2D eigenvalue weighted by Gasteiger charge is -2.21. The molecule has 1 fully saturated rings. The molecule has 1 saturated heterocycles. The van der Waals surface area contributed by atoms with Crippen LogP contribution in [-0.2, 0) is 0 Å². The Morgan fingerprint density at radius 2 is 2.35 bits per heavy atom. The van der Waals surface area contributed by atoms with Gasteiger partial charge in [0.05, 0.1) is 13.2 Å². The van der Waals surface area contributed by atoms with Crippen LogP contribution < -0.4 is 0 Å². The normalized spacial score (nSPS) is 20.7. The van der Waals surface area contributed by atoms with Gasteiger partial charge in [-0.1, -0.05) is 23.7 Å². The first-order valence-electron chi connectivity index (χ1n) is 5.84. The van der Waals surface area contributed by atoms with Gasteiger partial charge in [-0.25, -0.2) is 0 Å². The summed E-state index contributed by atoms with van der Waals surface area (Å²) < 4.78 is 0. The van der Waals surface area contributed by atoms with E-state index in [9.17, 15) is 9.90 Å². The molecule has 0 spiro atoms. The lowest BCUT2D eigenvalue weighted by molar-refractivity contribution is 0.0888. The molecule has 3 nitrogen and oxygen atoms in total. The van der Waals surface area contributed by atoms with Crippen LogP contribution in [0.1, 0.15) is 23.2 Å². The number of rotatable bonds is 4. The molecule has 1 unspecified atom stereocenters. The zero-order chi connectivity index (χ0) is 12.3. The number of halogens is 1. The van der Waals surface area contributed by atoms with Crippen LogP contribution in [-0.4, -0.2) is 41.5 Å². The van der Waals surface area contributed by atoms with Crippen LogP contribution in [0.3, 0.4) is 0 Å². The number of hydrogen-bond donors (Lipinski definition) is 1. The summed E-state index contributed by atoms with van der Waals surface area (Å²) in [6, 6.07) is 7.14. The number of nitrogens with zero attached hydrogens (tertiary/aromatic N) is 1. The van der Waals surface area contributed by atoms with Gasteiger partial charge in [0.25, 0.3) is 0 Å². The molecule has 0 amide bonds. The first kappa shape index (κ1) is 12.6. The van der Waals surface area contributed by atoms with E-state index in [1.165, 1.54) is 0 Å². The van der Waals surface area contributed by atoms with Crippen molar-refractivity contribution in [3.05, 3.63) is 34.9 Å². The van der Waals surface area contributed by atoms with E-state index in [-0.39, 0.29) is 18.4 Å². The molecule has 2 rings (SSSR count). The molecular formula is C13H16ClNO2. The summed E-state index contributed by atoms with van der Waals surface area (Å²) in [5.41, 5.74) is 0.640. The first-order valence-corrected chi connectivity index (χ1v) is 6.22. The summed E-state index contributed by atoms with van der Waals surface area (Å²) in [7, 11) is 0. The summed E-state index contributed by atoms with van der Waals surface area (Å²) in [5.74, 6) is 0.0628. The number of ketones is 1. The number of aliphatic hydroxyl groups excluding tert-OH is 1. The third kappa shape index (κ3) is 3.06. The fourth-order valence-corrected chi connectivity index (χ4v) is 2.44. The smallest absolute Gasteiger partial charge is 0.176 e. The van der Waals surface area contributed by atoms with Crippen molar-refractivity contribution in [2.24, 2.45) is 0 Å². The van der Waals surface area contributed by atoms with Gasteiger partial charge in [-0.3, -0.25) is 9.69 Å². The van der Waals surface area contributed by atoms with Crippen LogP contribution in [0.25, 0.3) is 0 Å². The van der Waals surface area contributed by atoms with Crippen LogP contribution in [0.15, 0.2) is 24.3 Å². The second-order valence-electron chi connectivity index (χ2n) is 4.38. The molecule has 1 N–H and O–H groups in total.